The van der Waals surface area contributed by atoms with Gasteiger partial charge in [0.15, 0.2) is 0 Å². The zero-order valence-corrected chi connectivity index (χ0v) is 28.6. The number of aliphatic carboxylic acids is 1. The van der Waals surface area contributed by atoms with Crippen molar-refractivity contribution >= 4 is 57.7 Å². The molecule has 4 atom stereocenters. The summed E-state index contributed by atoms with van der Waals surface area (Å²) in [5.41, 5.74) is 1.68. The Kier molecular flexibility index (Phi) is 9.74. The number of carboxylic acids is 1. The quantitative estimate of drug-likeness (QED) is 0.296. The highest BCUT2D eigenvalue weighted by molar-refractivity contribution is 7.99. The minimum Gasteiger partial charge on any atom is -0.481 e. The molecule has 9 nitrogen and oxygen atoms in total. The Bertz CT molecular complexity index is 1700. The number of hydrogen-bond donors (Lipinski definition) is 2. The molecular weight excluding hydrogens is 655 g/mol. The number of halogens is 2. The fourth-order valence-corrected chi connectivity index (χ4v) is 9.89. The number of ether oxygens (including phenoxy) is 1. The molecule has 0 bridgehead atoms. The Morgan fingerprint density at radius 1 is 1.06 bits per heavy atom. The highest BCUT2D eigenvalue weighted by Gasteiger charge is 2.44. The number of amides is 2. The van der Waals surface area contributed by atoms with Gasteiger partial charge in [-0.25, -0.2) is 4.39 Å². The van der Waals surface area contributed by atoms with Crippen LogP contribution >= 0.6 is 23.4 Å². The molecule has 256 valence electrons. The summed E-state index contributed by atoms with van der Waals surface area (Å²) in [5, 5.41) is 13.1. The Balaban J connectivity index is 1.03. The van der Waals surface area contributed by atoms with Crippen molar-refractivity contribution in [3.63, 3.8) is 0 Å². The molecule has 1 aliphatic carbocycles. The molecule has 1 saturated carbocycles. The van der Waals surface area contributed by atoms with Gasteiger partial charge in [-0.15, -0.1) is 0 Å². The van der Waals surface area contributed by atoms with E-state index in [4.69, 9.17) is 16.3 Å². The Hall–Kier alpha value is -3.12. The summed E-state index contributed by atoms with van der Waals surface area (Å²) in [6.45, 7) is 3.05. The monoisotopic (exact) mass is 696 g/mol. The number of anilines is 1. The van der Waals surface area contributed by atoms with Crippen molar-refractivity contribution in [3.8, 4) is 0 Å². The standard InChI is InChI=1S/C36H42ClFN4O5S/c1-40-17-29(28-4-2-3-5-33(28)40)35(44)39-32-13-31(38)22(10-30(32)37)11-34(43)42-16-25(41-14-23-19-48-20-24(23)15-41)12-26(42)18-47-27-8-6-21(7-9-27)36(45)46/h2-5,10,13,17,21,23-27H,6-9,11-12,14-16,18-20H2,1H3,(H,39,44)(H,45,46)/t21-,23-,24+,25-,26-,27-/m0/s1. The SMILES string of the molecule is Cn1cc(C(=O)Nc2cc(F)c(CC(=O)N3C[C@@H](N4C[C@H]5CSC[C@H]5C4)C[C@H]3CO[C@H]3CC[C@H](C(=O)O)CC3)cc2Cl)c2ccccc21. The van der Waals surface area contributed by atoms with Gasteiger partial charge in [-0.1, -0.05) is 29.8 Å². The van der Waals surface area contributed by atoms with Gasteiger partial charge >= 0.3 is 5.97 Å². The van der Waals surface area contributed by atoms with Crippen molar-refractivity contribution in [1.82, 2.24) is 14.4 Å². The van der Waals surface area contributed by atoms with E-state index in [0.717, 1.165) is 30.4 Å². The Morgan fingerprint density at radius 2 is 1.79 bits per heavy atom. The average molecular weight is 697 g/mol. The molecule has 4 aliphatic rings. The first-order valence-electron chi connectivity index (χ1n) is 16.9. The van der Waals surface area contributed by atoms with Crippen LogP contribution in [0.1, 0.15) is 48.0 Å². The van der Waals surface area contributed by atoms with E-state index in [1.54, 1.807) is 6.20 Å². The Labute approximate surface area is 289 Å². The molecule has 12 heteroatoms. The van der Waals surface area contributed by atoms with Gasteiger partial charge in [-0.05, 0) is 79.2 Å². The van der Waals surface area contributed by atoms with Crippen LogP contribution in [0.2, 0.25) is 5.02 Å². The van der Waals surface area contributed by atoms with E-state index in [2.05, 4.69) is 10.2 Å². The first-order chi connectivity index (χ1) is 23.1. The summed E-state index contributed by atoms with van der Waals surface area (Å²) in [7, 11) is 1.86. The number of carbonyl (C=O) groups is 3. The number of para-hydroxylation sites is 1. The normalized spacial score (nSPS) is 27.4. The number of aromatic nitrogens is 1. The van der Waals surface area contributed by atoms with Gasteiger partial charge < -0.3 is 24.6 Å². The second kappa shape index (κ2) is 14.0. The van der Waals surface area contributed by atoms with E-state index < -0.39 is 17.7 Å². The predicted molar refractivity (Wildman–Crippen MR) is 185 cm³/mol. The van der Waals surface area contributed by atoms with Crippen LogP contribution in [-0.4, -0.2) is 93.2 Å². The zero-order chi connectivity index (χ0) is 33.5. The van der Waals surface area contributed by atoms with Gasteiger partial charge in [0.1, 0.15) is 5.82 Å². The van der Waals surface area contributed by atoms with Gasteiger partial charge in [0, 0.05) is 49.8 Å². The van der Waals surface area contributed by atoms with E-state index in [9.17, 15) is 19.5 Å². The highest BCUT2D eigenvalue weighted by atomic mass is 35.5. The lowest BCUT2D eigenvalue weighted by Crippen LogP contribution is -2.41. The van der Waals surface area contributed by atoms with Gasteiger partial charge in [-0.3, -0.25) is 19.3 Å². The molecule has 48 heavy (non-hydrogen) atoms. The second-order valence-electron chi connectivity index (χ2n) is 14.0. The molecule has 3 saturated heterocycles. The molecule has 4 fully saturated rings. The van der Waals surface area contributed by atoms with Crippen LogP contribution in [0.5, 0.6) is 0 Å². The number of benzene rings is 2. The summed E-state index contributed by atoms with van der Waals surface area (Å²) < 4.78 is 23.7. The predicted octanol–water partition coefficient (Wildman–Crippen LogP) is 5.69. The van der Waals surface area contributed by atoms with Crippen LogP contribution in [0.3, 0.4) is 0 Å². The minimum atomic E-state index is -0.745. The fourth-order valence-electron chi connectivity index (χ4n) is 8.16. The third-order valence-electron chi connectivity index (χ3n) is 10.9. The van der Waals surface area contributed by atoms with E-state index in [1.165, 1.54) is 23.6 Å². The number of nitrogens with one attached hydrogen (secondary N) is 1. The van der Waals surface area contributed by atoms with Crippen LogP contribution < -0.4 is 5.32 Å². The number of likely N-dealkylation sites (tertiary alicyclic amines) is 2. The summed E-state index contributed by atoms with van der Waals surface area (Å²) in [6.07, 6.45) is 4.94. The zero-order valence-electron chi connectivity index (χ0n) is 27.1. The maximum Gasteiger partial charge on any atom is 0.306 e. The molecule has 7 rings (SSSR count). The van der Waals surface area contributed by atoms with Gasteiger partial charge in [-0.2, -0.15) is 11.8 Å². The third kappa shape index (κ3) is 6.84. The Morgan fingerprint density at radius 3 is 2.52 bits per heavy atom. The van der Waals surface area contributed by atoms with Gasteiger partial charge in [0.25, 0.3) is 5.91 Å². The third-order valence-corrected chi connectivity index (χ3v) is 12.6. The molecule has 2 N–H and O–H groups in total. The van der Waals surface area contributed by atoms with E-state index >= 15 is 4.39 Å². The summed E-state index contributed by atoms with van der Waals surface area (Å²) in [6, 6.07) is 10.3. The number of carbonyl (C=O) groups excluding carboxylic acids is 2. The topological polar surface area (TPSA) is 104 Å². The molecule has 4 heterocycles. The van der Waals surface area contributed by atoms with Gasteiger partial charge in [0.05, 0.1) is 47.4 Å². The van der Waals surface area contributed by atoms with Crippen molar-refractivity contribution in [2.45, 2.75) is 56.7 Å². The first-order valence-corrected chi connectivity index (χ1v) is 18.5. The molecule has 1 aromatic heterocycles. The molecular formula is C36H42ClFN4O5S. The van der Waals surface area contributed by atoms with Crippen molar-refractivity contribution in [1.29, 1.82) is 0 Å². The van der Waals surface area contributed by atoms with Crippen LogP contribution in [0.4, 0.5) is 10.1 Å². The molecule has 2 amide bonds. The number of thioether (sulfide) groups is 1. The van der Waals surface area contributed by atoms with E-state index in [-0.39, 0.29) is 52.7 Å². The number of rotatable bonds is 9. The van der Waals surface area contributed by atoms with Crippen molar-refractivity contribution < 1.29 is 28.6 Å². The maximum atomic E-state index is 15.6. The number of carboxylic acid groups (broad SMARTS) is 1. The molecule has 3 aliphatic heterocycles. The van der Waals surface area contributed by atoms with Crippen molar-refractivity contribution in [2.75, 3.05) is 43.1 Å². The van der Waals surface area contributed by atoms with E-state index in [1.807, 2.05) is 52.5 Å². The highest BCUT2D eigenvalue weighted by Crippen LogP contribution is 2.39. The molecule has 0 radical (unpaired) electrons. The van der Waals surface area contributed by atoms with Crippen LogP contribution in [0, 0.1) is 23.6 Å². The lowest BCUT2D eigenvalue weighted by molar-refractivity contribution is -0.144. The minimum absolute atomic E-state index is 0.0207. The molecule has 3 aromatic rings. The number of aryl methyl sites for hydroxylation is 1. The van der Waals surface area contributed by atoms with Crippen molar-refractivity contribution in [2.24, 2.45) is 24.8 Å². The molecule has 2 aromatic carbocycles. The van der Waals surface area contributed by atoms with Crippen LogP contribution in [-0.2, 0) is 27.8 Å². The van der Waals surface area contributed by atoms with Gasteiger partial charge in [0.2, 0.25) is 5.91 Å². The lowest BCUT2D eigenvalue weighted by atomic mass is 9.87. The average Bonchev–Trinajstić information content (AvgIpc) is 3.86. The second-order valence-corrected chi connectivity index (χ2v) is 15.5. The number of nitrogens with zero attached hydrogens (tertiary/aromatic N) is 3. The van der Waals surface area contributed by atoms with Crippen LogP contribution in [0.25, 0.3) is 10.9 Å². The number of hydrogen-bond acceptors (Lipinski definition) is 6. The van der Waals surface area contributed by atoms with Crippen LogP contribution in [0.15, 0.2) is 42.6 Å². The summed E-state index contributed by atoms with van der Waals surface area (Å²) >= 11 is 8.60. The summed E-state index contributed by atoms with van der Waals surface area (Å²) in [4.78, 5) is 42.9. The maximum absolute atomic E-state index is 15.6. The fraction of sp³-hybridized carbons (Fsp3) is 0.528. The number of fused-ring (bicyclic) bond motifs is 2. The summed E-state index contributed by atoms with van der Waals surface area (Å²) in [5.74, 6) is 1.55. The lowest BCUT2D eigenvalue weighted by Gasteiger charge is -2.30. The smallest absolute Gasteiger partial charge is 0.306 e. The molecule has 0 spiro atoms. The first kappa shape index (κ1) is 33.4. The molecule has 0 unspecified atom stereocenters. The van der Waals surface area contributed by atoms with Crippen molar-refractivity contribution in [3.05, 3.63) is 64.6 Å². The van der Waals surface area contributed by atoms with E-state index in [0.29, 0.717) is 56.2 Å². The largest absolute Gasteiger partial charge is 0.481 e.